The fraction of sp³-hybridized carbons (Fsp3) is 0.667. The van der Waals surface area contributed by atoms with Gasteiger partial charge in [-0.15, -0.1) is 0 Å². The van der Waals surface area contributed by atoms with E-state index in [0.717, 1.165) is 12.8 Å². The first-order valence-electron chi connectivity index (χ1n) is 6.47. The summed E-state index contributed by atoms with van der Waals surface area (Å²) in [6, 6.07) is 0. The zero-order chi connectivity index (χ0) is 13.0. The van der Waals surface area contributed by atoms with E-state index in [2.05, 4.69) is 26.8 Å². The lowest BCUT2D eigenvalue weighted by Crippen LogP contribution is -2.32. The maximum Gasteiger partial charge on any atom is 0.333 e. The Hall–Kier alpha value is -1.05. The summed E-state index contributed by atoms with van der Waals surface area (Å²) in [6.45, 7) is 10.2. The number of carbonyl (C=O) groups is 1. The molecule has 0 aromatic rings. The highest BCUT2D eigenvalue weighted by atomic mass is 16.5. The molecule has 0 N–H and O–H groups in total. The van der Waals surface area contributed by atoms with E-state index in [9.17, 15) is 4.79 Å². The average Bonchev–Trinajstić information content (AvgIpc) is 2.29. The summed E-state index contributed by atoms with van der Waals surface area (Å²) in [5.41, 5.74) is 2.11. The minimum atomic E-state index is -0.170. The maximum atomic E-state index is 11.8. The Morgan fingerprint density at radius 3 is 2.71 bits per heavy atom. The van der Waals surface area contributed by atoms with Crippen molar-refractivity contribution in [2.75, 3.05) is 0 Å². The van der Waals surface area contributed by atoms with Crippen LogP contribution in [0, 0.1) is 11.8 Å². The second-order valence-electron chi connectivity index (χ2n) is 5.29. The molecule has 0 aromatic carbocycles. The molecule has 0 spiro atoms. The van der Waals surface area contributed by atoms with Gasteiger partial charge in [0.05, 0.1) is 0 Å². The summed E-state index contributed by atoms with van der Waals surface area (Å²) in [6.07, 6.45) is 6.11. The standard InChI is InChI=1S/C15H24O2/c1-6-12(5)15(16)17-14-8-7-11(4)9-13(14)10(2)3/h6,9-10,13-14H,7-8H2,1-5H3/b12-6+. The fourth-order valence-electron chi connectivity index (χ4n) is 2.19. The summed E-state index contributed by atoms with van der Waals surface area (Å²) in [5, 5.41) is 0. The van der Waals surface area contributed by atoms with Crippen LogP contribution in [0.15, 0.2) is 23.3 Å². The van der Waals surface area contributed by atoms with E-state index in [4.69, 9.17) is 4.74 Å². The average molecular weight is 236 g/mol. The van der Waals surface area contributed by atoms with Crippen LogP contribution in [-0.4, -0.2) is 12.1 Å². The van der Waals surface area contributed by atoms with Gasteiger partial charge in [0, 0.05) is 11.5 Å². The highest BCUT2D eigenvalue weighted by Gasteiger charge is 2.29. The van der Waals surface area contributed by atoms with Crippen molar-refractivity contribution in [2.24, 2.45) is 11.8 Å². The van der Waals surface area contributed by atoms with Gasteiger partial charge in [0.25, 0.3) is 0 Å². The number of rotatable bonds is 3. The molecule has 2 nitrogen and oxygen atoms in total. The Balaban J connectivity index is 2.73. The van der Waals surface area contributed by atoms with Gasteiger partial charge in [0.1, 0.15) is 6.10 Å². The van der Waals surface area contributed by atoms with Gasteiger partial charge in [-0.25, -0.2) is 4.79 Å². The van der Waals surface area contributed by atoms with Crippen molar-refractivity contribution in [1.82, 2.24) is 0 Å². The van der Waals surface area contributed by atoms with Gasteiger partial charge in [-0.1, -0.05) is 31.6 Å². The van der Waals surface area contributed by atoms with E-state index in [0.29, 0.717) is 17.4 Å². The van der Waals surface area contributed by atoms with Gasteiger partial charge in [-0.05, 0) is 39.5 Å². The van der Waals surface area contributed by atoms with Crippen LogP contribution in [0.2, 0.25) is 0 Å². The molecule has 0 radical (unpaired) electrons. The Kier molecular flexibility index (Phi) is 4.98. The molecule has 0 fully saturated rings. The fourth-order valence-corrected chi connectivity index (χ4v) is 2.19. The molecule has 96 valence electrons. The molecule has 0 bridgehead atoms. The third-order valence-electron chi connectivity index (χ3n) is 3.51. The number of carbonyl (C=O) groups excluding carboxylic acids is 1. The molecule has 1 aliphatic rings. The molecule has 0 saturated heterocycles. The predicted octanol–water partition coefficient (Wildman–Crippen LogP) is 3.88. The topological polar surface area (TPSA) is 26.3 Å². The Morgan fingerprint density at radius 2 is 2.18 bits per heavy atom. The Labute approximate surface area is 105 Å². The van der Waals surface area contributed by atoms with Crippen LogP contribution in [-0.2, 0) is 9.53 Å². The van der Waals surface area contributed by atoms with Gasteiger partial charge in [-0.3, -0.25) is 0 Å². The molecule has 0 heterocycles. The van der Waals surface area contributed by atoms with Crippen molar-refractivity contribution in [3.8, 4) is 0 Å². The number of hydrogen-bond donors (Lipinski definition) is 0. The lowest BCUT2D eigenvalue weighted by molar-refractivity contribution is -0.147. The van der Waals surface area contributed by atoms with E-state index < -0.39 is 0 Å². The summed E-state index contributed by atoms with van der Waals surface area (Å²) in [4.78, 5) is 11.8. The van der Waals surface area contributed by atoms with Crippen molar-refractivity contribution < 1.29 is 9.53 Å². The van der Waals surface area contributed by atoms with Crippen molar-refractivity contribution in [3.63, 3.8) is 0 Å². The normalized spacial score (nSPS) is 25.8. The summed E-state index contributed by atoms with van der Waals surface area (Å²) in [7, 11) is 0. The van der Waals surface area contributed by atoms with Crippen molar-refractivity contribution in [2.45, 2.75) is 53.6 Å². The van der Waals surface area contributed by atoms with Gasteiger partial charge in [0.2, 0.25) is 0 Å². The van der Waals surface area contributed by atoms with Crippen LogP contribution in [0.5, 0.6) is 0 Å². The molecule has 2 atom stereocenters. The van der Waals surface area contributed by atoms with Crippen molar-refractivity contribution in [3.05, 3.63) is 23.3 Å². The molecule has 0 aliphatic heterocycles. The smallest absolute Gasteiger partial charge is 0.333 e. The van der Waals surface area contributed by atoms with Crippen LogP contribution in [0.3, 0.4) is 0 Å². The van der Waals surface area contributed by atoms with E-state index in [-0.39, 0.29) is 12.1 Å². The quantitative estimate of drug-likeness (QED) is 0.422. The molecular weight excluding hydrogens is 212 g/mol. The van der Waals surface area contributed by atoms with Crippen LogP contribution in [0.4, 0.5) is 0 Å². The predicted molar refractivity (Wildman–Crippen MR) is 70.6 cm³/mol. The monoisotopic (exact) mass is 236 g/mol. The van der Waals surface area contributed by atoms with Crippen LogP contribution in [0.25, 0.3) is 0 Å². The maximum absolute atomic E-state index is 11.8. The second-order valence-corrected chi connectivity index (χ2v) is 5.29. The molecule has 2 heteroatoms. The SMILES string of the molecule is C/C=C(\C)C(=O)OC1CCC(C)=CC1C(C)C. The zero-order valence-electron chi connectivity index (χ0n) is 11.6. The second kappa shape index (κ2) is 6.04. The lowest BCUT2D eigenvalue weighted by Gasteiger charge is -2.32. The molecule has 2 unspecified atom stereocenters. The van der Waals surface area contributed by atoms with Gasteiger partial charge < -0.3 is 4.74 Å². The molecule has 0 aromatic heterocycles. The van der Waals surface area contributed by atoms with Crippen LogP contribution >= 0.6 is 0 Å². The molecule has 1 rings (SSSR count). The number of allylic oxidation sites excluding steroid dienone is 2. The lowest BCUT2D eigenvalue weighted by atomic mass is 9.81. The van der Waals surface area contributed by atoms with Gasteiger partial charge in [0.15, 0.2) is 0 Å². The van der Waals surface area contributed by atoms with Crippen LogP contribution < -0.4 is 0 Å². The minimum Gasteiger partial charge on any atom is -0.458 e. The van der Waals surface area contributed by atoms with E-state index in [1.54, 1.807) is 13.0 Å². The molecule has 17 heavy (non-hydrogen) atoms. The number of ether oxygens (including phenoxy) is 1. The number of esters is 1. The highest BCUT2D eigenvalue weighted by molar-refractivity contribution is 5.87. The Morgan fingerprint density at radius 1 is 1.53 bits per heavy atom. The van der Waals surface area contributed by atoms with Gasteiger partial charge in [-0.2, -0.15) is 0 Å². The zero-order valence-corrected chi connectivity index (χ0v) is 11.6. The Bertz CT molecular complexity index is 337. The highest BCUT2D eigenvalue weighted by Crippen LogP contribution is 2.31. The van der Waals surface area contributed by atoms with E-state index >= 15 is 0 Å². The first-order valence-corrected chi connectivity index (χ1v) is 6.47. The van der Waals surface area contributed by atoms with E-state index in [1.807, 2.05) is 6.92 Å². The molecule has 0 saturated carbocycles. The van der Waals surface area contributed by atoms with Gasteiger partial charge >= 0.3 is 5.97 Å². The first kappa shape index (κ1) is 14.0. The summed E-state index contributed by atoms with van der Waals surface area (Å²) >= 11 is 0. The van der Waals surface area contributed by atoms with E-state index in [1.165, 1.54) is 5.57 Å². The van der Waals surface area contributed by atoms with Crippen molar-refractivity contribution >= 4 is 5.97 Å². The largest absolute Gasteiger partial charge is 0.458 e. The third-order valence-corrected chi connectivity index (χ3v) is 3.51. The molecule has 1 aliphatic carbocycles. The first-order chi connectivity index (χ1) is 7.95. The molecule has 0 amide bonds. The van der Waals surface area contributed by atoms with Crippen LogP contribution in [0.1, 0.15) is 47.5 Å². The summed E-state index contributed by atoms with van der Waals surface area (Å²) < 4.78 is 5.61. The van der Waals surface area contributed by atoms with Crippen molar-refractivity contribution in [1.29, 1.82) is 0 Å². The third kappa shape index (κ3) is 3.72. The number of hydrogen-bond acceptors (Lipinski definition) is 2. The molecular formula is C15H24O2. The summed E-state index contributed by atoms with van der Waals surface area (Å²) in [5.74, 6) is 0.697. The minimum absolute atomic E-state index is 0.0427.